The smallest absolute Gasteiger partial charge is 0.253 e. The van der Waals surface area contributed by atoms with Crippen molar-refractivity contribution < 1.29 is 14.3 Å². The van der Waals surface area contributed by atoms with Gasteiger partial charge in [-0.3, -0.25) is 9.59 Å². The minimum absolute atomic E-state index is 0.0145. The van der Waals surface area contributed by atoms with Gasteiger partial charge in [0.15, 0.2) is 0 Å². The number of halogens is 1. The van der Waals surface area contributed by atoms with E-state index in [-0.39, 0.29) is 17.9 Å². The van der Waals surface area contributed by atoms with Gasteiger partial charge < -0.3 is 19.9 Å². The van der Waals surface area contributed by atoms with Crippen LogP contribution in [-0.4, -0.2) is 68.0 Å². The summed E-state index contributed by atoms with van der Waals surface area (Å²) in [6.07, 6.45) is 1.46. The predicted octanol–water partition coefficient (Wildman–Crippen LogP) is 3.62. The molecule has 0 aliphatic carbocycles. The van der Waals surface area contributed by atoms with Gasteiger partial charge in [0.25, 0.3) is 11.8 Å². The van der Waals surface area contributed by atoms with Gasteiger partial charge in [-0.05, 0) is 51.4 Å². The van der Waals surface area contributed by atoms with E-state index in [0.717, 1.165) is 24.9 Å². The summed E-state index contributed by atoms with van der Waals surface area (Å²) in [5, 5.41) is 3.29. The molecule has 1 heterocycles. The minimum atomic E-state index is -0.154. The molecule has 0 atom stereocenters. The average Bonchev–Trinajstić information content (AvgIpc) is 2.75. The number of hydrogen-bond acceptors (Lipinski definition) is 4. The Bertz CT molecular complexity index is 907. The number of likely N-dealkylation sites (N-methyl/N-ethyl adjacent to an activating group) is 1. The van der Waals surface area contributed by atoms with Crippen LogP contribution in [-0.2, 0) is 0 Å². The third-order valence-electron chi connectivity index (χ3n) is 5.36. The third-order valence-corrected chi connectivity index (χ3v) is 5.66. The number of amides is 2. The lowest BCUT2D eigenvalue weighted by Crippen LogP contribution is -2.41. The number of piperidine rings is 1. The average molecular weight is 444 g/mol. The molecule has 166 valence electrons. The SMILES string of the molecule is Cc1ccc(C(=O)N2CCC(Oc3ccc(C(=O)NCCN(C)C)cc3Cl)CC2)cc1. The summed E-state index contributed by atoms with van der Waals surface area (Å²) in [6.45, 7) is 4.63. The molecule has 0 unspecified atom stereocenters. The molecule has 2 aromatic carbocycles. The van der Waals surface area contributed by atoms with E-state index >= 15 is 0 Å². The summed E-state index contributed by atoms with van der Waals surface area (Å²) >= 11 is 6.37. The molecule has 0 radical (unpaired) electrons. The summed E-state index contributed by atoms with van der Waals surface area (Å²) in [6, 6.07) is 12.8. The van der Waals surface area contributed by atoms with E-state index in [0.29, 0.717) is 41.5 Å². The van der Waals surface area contributed by atoms with E-state index in [1.165, 1.54) is 0 Å². The van der Waals surface area contributed by atoms with Crippen LogP contribution in [0.5, 0.6) is 5.75 Å². The summed E-state index contributed by atoms with van der Waals surface area (Å²) in [5.41, 5.74) is 2.36. The molecule has 2 amide bonds. The first-order chi connectivity index (χ1) is 14.8. The summed E-state index contributed by atoms with van der Waals surface area (Å²) in [5.74, 6) is 0.467. The second-order valence-corrected chi connectivity index (χ2v) is 8.59. The fraction of sp³-hybridized carbons (Fsp3) is 0.417. The summed E-state index contributed by atoms with van der Waals surface area (Å²) < 4.78 is 6.07. The number of rotatable bonds is 7. The normalized spacial score (nSPS) is 14.5. The maximum absolute atomic E-state index is 12.7. The van der Waals surface area contributed by atoms with Gasteiger partial charge >= 0.3 is 0 Å². The molecule has 0 saturated carbocycles. The highest BCUT2D eigenvalue weighted by Crippen LogP contribution is 2.28. The fourth-order valence-electron chi connectivity index (χ4n) is 3.47. The van der Waals surface area contributed by atoms with E-state index in [1.54, 1.807) is 18.2 Å². The van der Waals surface area contributed by atoms with Gasteiger partial charge in [0.05, 0.1) is 5.02 Å². The maximum atomic E-state index is 12.7. The molecule has 0 aromatic heterocycles. The zero-order valence-corrected chi connectivity index (χ0v) is 19.1. The number of ether oxygens (including phenoxy) is 1. The van der Waals surface area contributed by atoms with E-state index in [4.69, 9.17) is 16.3 Å². The van der Waals surface area contributed by atoms with Crippen molar-refractivity contribution in [2.75, 3.05) is 40.3 Å². The first-order valence-electron chi connectivity index (χ1n) is 10.6. The maximum Gasteiger partial charge on any atom is 0.253 e. The van der Waals surface area contributed by atoms with Gasteiger partial charge in [-0.25, -0.2) is 0 Å². The minimum Gasteiger partial charge on any atom is -0.489 e. The zero-order chi connectivity index (χ0) is 22.4. The van der Waals surface area contributed by atoms with Crippen molar-refractivity contribution in [3.8, 4) is 5.75 Å². The number of carbonyl (C=O) groups excluding carboxylic acids is 2. The predicted molar refractivity (Wildman–Crippen MR) is 123 cm³/mol. The molecular weight excluding hydrogens is 414 g/mol. The number of hydrogen-bond donors (Lipinski definition) is 1. The quantitative estimate of drug-likeness (QED) is 0.709. The van der Waals surface area contributed by atoms with E-state index in [1.807, 2.05) is 55.1 Å². The summed E-state index contributed by atoms with van der Waals surface area (Å²) in [7, 11) is 3.91. The molecule has 0 bridgehead atoms. The molecule has 31 heavy (non-hydrogen) atoms. The summed E-state index contributed by atoms with van der Waals surface area (Å²) in [4.78, 5) is 28.8. The van der Waals surface area contributed by atoms with E-state index in [2.05, 4.69) is 5.32 Å². The van der Waals surface area contributed by atoms with E-state index < -0.39 is 0 Å². The molecule has 2 aromatic rings. The largest absolute Gasteiger partial charge is 0.489 e. The van der Waals surface area contributed by atoms with Gasteiger partial charge in [0.1, 0.15) is 11.9 Å². The Morgan fingerprint density at radius 3 is 2.35 bits per heavy atom. The monoisotopic (exact) mass is 443 g/mol. The number of benzene rings is 2. The zero-order valence-electron chi connectivity index (χ0n) is 18.4. The van der Waals surface area contributed by atoms with Crippen molar-refractivity contribution >= 4 is 23.4 Å². The van der Waals surface area contributed by atoms with Crippen LogP contribution >= 0.6 is 11.6 Å². The molecule has 3 rings (SSSR count). The fourth-order valence-corrected chi connectivity index (χ4v) is 3.69. The van der Waals surface area contributed by atoms with Crippen molar-refractivity contribution in [3.05, 3.63) is 64.2 Å². The topological polar surface area (TPSA) is 61.9 Å². The lowest BCUT2D eigenvalue weighted by atomic mass is 10.1. The molecule has 1 N–H and O–H groups in total. The van der Waals surface area contributed by atoms with Gasteiger partial charge in [-0.1, -0.05) is 29.3 Å². The molecule has 1 fully saturated rings. The highest BCUT2D eigenvalue weighted by molar-refractivity contribution is 6.32. The van der Waals surface area contributed by atoms with Crippen molar-refractivity contribution in [1.82, 2.24) is 15.1 Å². The second-order valence-electron chi connectivity index (χ2n) is 8.18. The third kappa shape index (κ3) is 6.45. The molecular formula is C24H30ClN3O3. The molecule has 0 spiro atoms. The number of nitrogens with zero attached hydrogens (tertiary/aromatic N) is 2. The van der Waals surface area contributed by atoms with Crippen LogP contribution in [0.2, 0.25) is 5.02 Å². The number of likely N-dealkylation sites (tertiary alicyclic amines) is 1. The van der Waals surface area contributed by atoms with Gasteiger partial charge in [0.2, 0.25) is 0 Å². The van der Waals surface area contributed by atoms with Crippen molar-refractivity contribution in [2.45, 2.75) is 25.9 Å². The first kappa shape index (κ1) is 23.1. The Labute approximate surface area is 189 Å². The van der Waals surface area contributed by atoms with Gasteiger partial charge in [-0.2, -0.15) is 0 Å². The Morgan fingerprint density at radius 1 is 1.10 bits per heavy atom. The van der Waals surface area contributed by atoms with Crippen molar-refractivity contribution in [3.63, 3.8) is 0 Å². The Kier molecular flexibility index (Phi) is 7.93. The van der Waals surface area contributed by atoms with Crippen LogP contribution in [0.4, 0.5) is 0 Å². The van der Waals surface area contributed by atoms with Crippen LogP contribution in [0.1, 0.15) is 39.1 Å². The van der Waals surface area contributed by atoms with Crippen molar-refractivity contribution in [2.24, 2.45) is 0 Å². The Hall–Kier alpha value is -2.57. The molecule has 6 nitrogen and oxygen atoms in total. The number of aryl methyl sites for hydroxylation is 1. The number of nitrogens with one attached hydrogen (secondary N) is 1. The molecule has 1 aliphatic heterocycles. The second kappa shape index (κ2) is 10.6. The lowest BCUT2D eigenvalue weighted by Gasteiger charge is -2.32. The van der Waals surface area contributed by atoms with Crippen LogP contribution in [0, 0.1) is 6.92 Å². The standard InChI is InChI=1S/C24H30ClN3O3/c1-17-4-6-18(7-5-17)24(30)28-13-10-20(11-14-28)31-22-9-8-19(16-21(22)25)23(29)26-12-15-27(2)3/h4-9,16,20H,10-15H2,1-3H3,(H,26,29). The molecule has 1 aliphatic rings. The Morgan fingerprint density at radius 2 is 1.74 bits per heavy atom. The van der Waals surface area contributed by atoms with Gasteiger partial charge in [0, 0.05) is 50.1 Å². The molecule has 7 heteroatoms. The first-order valence-corrected chi connectivity index (χ1v) is 11.0. The van der Waals surface area contributed by atoms with Crippen LogP contribution in [0.15, 0.2) is 42.5 Å². The van der Waals surface area contributed by atoms with Crippen LogP contribution < -0.4 is 10.1 Å². The lowest BCUT2D eigenvalue weighted by molar-refractivity contribution is 0.0595. The highest BCUT2D eigenvalue weighted by Gasteiger charge is 2.25. The van der Waals surface area contributed by atoms with Gasteiger partial charge in [-0.15, -0.1) is 0 Å². The Balaban J connectivity index is 1.51. The van der Waals surface area contributed by atoms with Crippen LogP contribution in [0.3, 0.4) is 0 Å². The van der Waals surface area contributed by atoms with Crippen LogP contribution in [0.25, 0.3) is 0 Å². The number of carbonyl (C=O) groups is 2. The highest BCUT2D eigenvalue weighted by atomic mass is 35.5. The molecule has 1 saturated heterocycles. The van der Waals surface area contributed by atoms with E-state index in [9.17, 15) is 9.59 Å². The van der Waals surface area contributed by atoms with Crippen molar-refractivity contribution in [1.29, 1.82) is 0 Å².